The van der Waals surface area contributed by atoms with E-state index in [1.165, 1.54) is 19.3 Å². The maximum absolute atomic E-state index is 11.4. The van der Waals surface area contributed by atoms with Crippen molar-refractivity contribution in [3.05, 3.63) is 0 Å². The molecule has 15 heavy (non-hydrogen) atoms. The lowest BCUT2D eigenvalue weighted by Crippen LogP contribution is -2.18. The molecular weight excluding hydrogens is 188 g/mol. The maximum Gasteiger partial charge on any atom is 0.308 e. The highest BCUT2D eigenvalue weighted by Gasteiger charge is 2.14. The summed E-state index contributed by atoms with van der Waals surface area (Å²) in [6, 6.07) is 0. The predicted molar refractivity (Wildman–Crippen MR) is 63.7 cm³/mol. The summed E-state index contributed by atoms with van der Waals surface area (Å²) < 4.78 is 5.31. The van der Waals surface area contributed by atoms with E-state index in [9.17, 15) is 4.79 Å². The highest BCUT2D eigenvalue weighted by molar-refractivity contribution is 5.71. The van der Waals surface area contributed by atoms with Crippen molar-refractivity contribution in [2.75, 3.05) is 6.61 Å². The monoisotopic (exact) mass is 214 g/mol. The first-order valence-corrected chi connectivity index (χ1v) is 6.32. The molecule has 0 aromatic heterocycles. The lowest BCUT2D eigenvalue weighted by Gasteiger charge is -2.16. The molecule has 0 fully saturated rings. The third-order valence-corrected chi connectivity index (χ3v) is 3.02. The minimum atomic E-state index is -0.0348. The van der Waals surface area contributed by atoms with Crippen molar-refractivity contribution in [1.82, 2.24) is 0 Å². The highest BCUT2D eigenvalue weighted by atomic mass is 16.5. The van der Waals surface area contributed by atoms with E-state index >= 15 is 0 Å². The molecule has 0 aliphatic carbocycles. The molecular formula is C13H26O2. The van der Waals surface area contributed by atoms with Crippen molar-refractivity contribution >= 4 is 5.97 Å². The Balaban J connectivity index is 3.74. The molecule has 2 atom stereocenters. The molecule has 0 saturated heterocycles. The molecule has 0 radical (unpaired) electrons. The van der Waals surface area contributed by atoms with Gasteiger partial charge in [-0.2, -0.15) is 0 Å². The van der Waals surface area contributed by atoms with Crippen LogP contribution in [-0.2, 0) is 9.53 Å². The van der Waals surface area contributed by atoms with Gasteiger partial charge in [0.25, 0.3) is 0 Å². The zero-order valence-corrected chi connectivity index (χ0v) is 10.7. The molecule has 90 valence electrons. The minimum absolute atomic E-state index is 0.0348. The molecule has 0 aliphatic rings. The summed E-state index contributed by atoms with van der Waals surface area (Å²) >= 11 is 0. The second-order valence-electron chi connectivity index (χ2n) is 4.36. The molecule has 0 heterocycles. The summed E-state index contributed by atoms with van der Waals surface area (Å²) in [6.07, 6.45) is 5.61. The van der Waals surface area contributed by atoms with Crippen LogP contribution in [0.15, 0.2) is 0 Å². The van der Waals surface area contributed by atoms with Crippen LogP contribution < -0.4 is 0 Å². The molecule has 0 aliphatic heterocycles. The molecule has 0 rings (SSSR count). The number of rotatable bonds is 8. The first kappa shape index (κ1) is 14.5. The normalized spacial score (nSPS) is 14.7. The molecule has 0 bridgehead atoms. The van der Waals surface area contributed by atoms with Crippen LogP contribution in [0.25, 0.3) is 0 Å². The van der Waals surface area contributed by atoms with Gasteiger partial charge in [0.1, 0.15) is 0 Å². The lowest BCUT2D eigenvalue weighted by atomic mass is 10.0. The van der Waals surface area contributed by atoms with Crippen molar-refractivity contribution in [3.8, 4) is 0 Å². The van der Waals surface area contributed by atoms with Crippen LogP contribution in [0, 0.1) is 11.8 Å². The number of hydrogen-bond acceptors (Lipinski definition) is 2. The van der Waals surface area contributed by atoms with Gasteiger partial charge in [0.05, 0.1) is 12.5 Å². The standard InChI is InChI=1S/C13H26O2/c1-5-8-9-12(7-3)10-15-13(14)11(4)6-2/h11-12H,5-10H2,1-4H3/t11-,12?/m1/s1. The van der Waals surface area contributed by atoms with Crippen LogP contribution in [0.1, 0.15) is 59.8 Å². The summed E-state index contributed by atoms with van der Waals surface area (Å²) in [4.78, 5) is 11.4. The Labute approximate surface area is 94.4 Å². The number of carbonyl (C=O) groups is 1. The quantitative estimate of drug-likeness (QED) is 0.575. The van der Waals surface area contributed by atoms with Crippen LogP contribution in [0.5, 0.6) is 0 Å². The van der Waals surface area contributed by atoms with Crippen LogP contribution in [-0.4, -0.2) is 12.6 Å². The number of unbranched alkanes of at least 4 members (excludes halogenated alkanes) is 1. The summed E-state index contributed by atoms with van der Waals surface area (Å²) in [5.41, 5.74) is 0. The summed E-state index contributed by atoms with van der Waals surface area (Å²) in [5, 5.41) is 0. The SMILES string of the molecule is CCCCC(CC)COC(=O)[C@H](C)CC. The summed E-state index contributed by atoms with van der Waals surface area (Å²) in [7, 11) is 0. The Morgan fingerprint density at radius 2 is 1.87 bits per heavy atom. The molecule has 2 nitrogen and oxygen atoms in total. The molecule has 0 aromatic rings. The molecule has 0 saturated carbocycles. The first-order valence-electron chi connectivity index (χ1n) is 6.32. The van der Waals surface area contributed by atoms with Gasteiger partial charge in [-0.3, -0.25) is 4.79 Å². The van der Waals surface area contributed by atoms with Gasteiger partial charge in [0.2, 0.25) is 0 Å². The van der Waals surface area contributed by atoms with Crippen molar-refractivity contribution in [1.29, 1.82) is 0 Å². The Bertz CT molecular complexity index is 166. The van der Waals surface area contributed by atoms with Gasteiger partial charge in [-0.05, 0) is 18.8 Å². The molecule has 0 spiro atoms. The minimum Gasteiger partial charge on any atom is -0.465 e. The molecule has 0 amide bonds. The second kappa shape index (κ2) is 8.75. The molecule has 0 aromatic carbocycles. The maximum atomic E-state index is 11.4. The topological polar surface area (TPSA) is 26.3 Å². The van der Waals surface area contributed by atoms with Crippen LogP contribution >= 0.6 is 0 Å². The van der Waals surface area contributed by atoms with Crippen molar-refractivity contribution in [3.63, 3.8) is 0 Å². The highest BCUT2D eigenvalue weighted by Crippen LogP contribution is 2.14. The third-order valence-electron chi connectivity index (χ3n) is 3.02. The average molecular weight is 214 g/mol. The Kier molecular flexibility index (Phi) is 8.44. The van der Waals surface area contributed by atoms with Gasteiger partial charge in [-0.15, -0.1) is 0 Å². The zero-order chi connectivity index (χ0) is 11.7. The second-order valence-corrected chi connectivity index (χ2v) is 4.36. The van der Waals surface area contributed by atoms with E-state index in [1.54, 1.807) is 0 Å². The Morgan fingerprint density at radius 1 is 1.20 bits per heavy atom. The fraction of sp³-hybridized carbons (Fsp3) is 0.923. The van der Waals surface area contributed by atoms with Gasteiger partial charge < -0.3 is 4.74 Å². The van der Waals surface area contributed by atoms with Crippen LogP contribution in [0.2, 0.25) is 0 Å². The largest absolute Gasteiger partial charge is 0.465 e. The number of hydrogen-bond donors (Lipinski definition) is 0. The van der Waals surface area contributed by atoms with Gasteiger partial charge in [0.15, 0.2) is 0 Å². The fourth-order valence-corrected chi connectivity index (χ4v) is 1.41. The number of carbonyl (C=O) groups excluding carboxylic acids is 1. The van der Waals surface area contributed by atoms with Crippen molar-refractivity contribution in [2.24, 2.45) is 11.8 Å². The van der Waals surface area contributed by atoms with Gasteiger partial charge >= 0.3 is 5.97 Å². The van der Waals surface area contributed by atoms with E-state index in [0.717, 1.165) is 12.8 Å². The third kappa shape index (κ3) is 6.53. The van der Waals surface area contributed by atoms with E-state index in [1.807, 2.05) is 13.8 Å². The zero-order valence-electron chi connectivity index (χ0n) is 10.7. The summed E-state index contributed by atoms with van der Waals surface area (Å²) in [6.45, 7) is 8.91. The van der Waals surface area contributed by atoms with E-state index in [-0.39, 0.29) is 11.9 Å². The molecule has 0 N–H and O–H groups in total. The molecule has 2 heteroatoms. The van der Waals surface area contributed by atoms with Gasteiger partial charge in [-0.25, -0.2) is 0 Å². The first-order chi connectivity index (χ1) is 7.15. The van der Waals surface area contributed by atoms with Crippen molar-refractivity contribution < 1.29 is 9.53 Å². The van der Waals surface area contributed by atoms with E-state index in [2.05, 4.69) is 13.8 Å². The van der Waals surface area contributed by atoms with E-state index < -0.39 is 0 Å². The average Bonchev–Trinajstić information content (AvgIpc) is 2.27. The van der Waals surface area contributed by atoms with E-state index in [0.29, 0.717) is 12.5 Å². The Morgan fingerprint density at radius 3 is 2.33 bits per heavy atom. The number of esters is 1. The lowest BCUT2D eigenvalue weighted by molar-refractivity contribution is -0.149. The van der Waals surface area contributed by atoms with Crippen molar-refractivity contribution in [2.45, 2.75) is 59.8 Å². The fourth-order valence-electron chi connectivity index (χ4n) is 1.41. The van der Waals surface area contributed by atoms with Crippen LogP contribution in [0.4, 0.5) is 0 Å². The number of ether oxygens (including phenoxy) is 1. The molecule has 1 unspecified atom stereocenters. The van der Waals surface area contributed by atoms with Gasteiger partial charge in [0, 0.05) is 0 Å². The van der Waals surface area contributed by atoms with Crippen LogP contribution in [0.3, 0.4) is 0 Å². The predicted octanol–water partition coefficient (Wildman–Crippen LogP) is 3.79. The van der Waals surface area contributed by atoms with Gasteiger partial charge in [-0.1, -0.05) is 47.0 Å². The smallest absolute Gasteiger partial charge is 0.308 e. The van der Waals surface area contributed by atoms with E-state index in [4.69, 9.17) is 4.74 Å². The Hall–Kier alpha value is -0.530. The summed E-state index contributed by atoms with van der Waals surface area (Å²) in [5.74, 6) is 0.569.